The number of hydrogen-bond acceptors (Lipinski definition) is 3. The van der Waals surface area contributed by atoms with E-state index < -0.39 is 9.84 Å². The van der Waals surface area contributed by atoms with Gasteiger partial charge in [-0.3, -0.25) is 0 Å². The highest BCUT2D eigenvalue weighted by Gasteiger charge is 2.06. The van der Waals surface area contributed by atoms with Gasteiger partial charge < -0.3 is 4.90 Å². The quantitative estimate of drug-likeness (QED) is 0.603. The van der Waals surface area contributed by atoms with Gasteiger partial charge in [0.2, 0.25) is 0 Å². The fraction of sp³-hybridized carbons (Fsp3) is 1.00. The number of halogens is 1. The van der Waals surface area contributed by atoms with E-state index in [4.69, 9.17) is 11.6 Å². The monoisotopic (exact) mass is 241 g/mol. The highest BCUT2D eigenvalue weighted by atomic mass is 35.5. The van der Waals surface area contributed by atoms with E-state index in [1.165, 1.54) is 6.26 Å². The zero-order valence-electron chi connectivity index (χ0n) is 9.00. The number of hydrogen-bond donors (Lipinski definition) is 0. The van der Waals surface area contributed by atoms with E-state index in [1.807, 2.05) is 0 Å². The van der Waals surface area contributed by atoms with Gasteiger partial charge in [0.1, 0.15) is 9.84 Å². The maximum atomic E-state index is 10.9. The number of sulfone groups is 1. The zero-order chi connectivity index (χ0) is 11.0. The van der Waals surface area contributed by atoms with Gasteiger partial charge in [0, 0.05) is 18.7 Å². The molecule has 5 heteroatoms. The van der Waals surface area contributed by atoms with Gasteiger partial charge in [-0.15, -0.1) is 11.6 Å². The first kappa shape index (κ1) is 14.2. The maximum absolute atomic E-state index is 10.9. The summed E-state index contributed by atoms with van der Waals surface area (Å²) in [7, 11) is -2.81. The van der Waals surface area contributed by atoms with E-state index in [9.17, 15) is 8.42 Å². The minimum absolute atomic E-state index is 0.273. The van der Waals surface area contributed by atoms with Crippen LogP contribution in [0.4, 0.5) is 0 Å². The molecule has 0 N–H and O–H groups in total. The second-order valence-electron chi connectivity index (χ2n) is 3.51. The zero-order valence-corrected chi connectivity index (χ0v) is 10.6. The van der Waals surface area contributed by atoms with Gasteiger partial charge in [-0.2, -0.15) is 0 Å². The van der Waals surface area contributed by atoms with Crippen molar-refractivity contribution in [2.24, 2.45) is 0 Å². The van der Waals surface area contributed by atoms with Gasteiger partial charge >= 0.3 is 0 Å². The molecule has 3 nitrogen and oxygen atoms in total. The predicted molar refractivity (Wildman–Crippen MR) is 61.8 cm³/mol. The van der Waals surface area contributed by atoms with Gasteiger partial charge in [-0.05, 0) is 25.9 Å². The summed E-state index contributed by atoms with van der Waals surface area (Å²) < 4.78 is 21.8. The van der Waals surface area contributed by atoms with Crippen LogP contribution in [0.1, 0.15) is 19.8 Å². The van der Waals surface area contributed by atoms with Gasteiger partial charge in [0.05, 0.1) is 5.75 Å². The molecule has 0 saturated carbocycles. The van der Waals surface area contributed by atoms with E-state index in [0.717, 1.165) is 26.1 Å². The van der Waals surface area contributed by atoms with Gasteiger partial charge in [-0.25, -0.2) is 8.42 Å². The van der Waals surface area contributed by atoms with E-state index in [1.54, 1.807) is 0 Å². The lowest BCUT2D eigenvalue weighted by atomic mass is 10.3. The van der Waals surface area contributed by atoms with Crippen molar-refractivity contribution < 1.29 is 8.42 Å². The largest absolute Gasteiger partial charge is 0.302 e. The minimum Gasteiger partial charge on any atom is -0.302 e. The van der Waals surface area contributed by atoms with Crippen molar-refractivity contribution in [2.75, 3.05) is 37.5 Å². The first-order valence-corrected chi connectivity index (χ1v) is 7.55. The molecule has 0 aliphatic carbocycles. The summed E-state index contributed by atoms with van der Waals surface area (Å²) in [5, 5.41) is 0. The summed E-state index contributed by atoms with van der Waals surface area (Å²) in [4.78, 5) is 2.21. The lowest BCUT2D eigenvalue weighted by Gasteiger charge is -2.19. The maximum Gasteiger partial charge on any atom is 0.147 e. The molecule has 14 heavy (non-hydrogen) atoms. The summed E-state index contributed by atoms with van der Waals surface area (Å²) >= 11 is 5.64. The molecule has 0 atom stereocenters. The highest BCUT2D eigenvalue weighted by Crippen LogP contribution is 1.97. The Morgan fingerprint density at radius 1 is 1.21 bits per heavy atom. The predicted octanol–water partition coefficient (Wildman–Crippen LogP) is 1.37. The van der Waals surface area contributed by atoms with Gasteiger partial charge in [-0.1, -0.05) is 6.92 Å². The summed E-state index contributed by atoms with van der Waals surface area (Å²) in [6, 6.07) is 0. The summed E-state index contributed by atoms with van der Waals surface area (Å²) in [6.45, 7) is 4.78. The first-order valence-electron chi connectivity index (χ1n) is 4.95. The van der Waals surface area contributed by atoms with E-state index in [-0.39, 0.29) is 5.75 Å². The molecule has 0 amide bonds. The molecule has 0 saturated heterocycles. The Morgan fingerprint density at radius 3 is 2.29 bits per heavy atom. The summed E-state index contributed by atoms with van der Waals surface area (Å²) in [5.41, 5.74) is 0. The molecule has 0 aromatic heterocycles. The third-order valence-electron chi connectivity index (χ3n) is 1.93. The summed E-state index contributed by atoms with van der Waals surface area (Å²) in [5.74, 6) is 0.883. The Kier molecular flexibility index (Phi) is 7.59. The van der Waals surface area contributed by atoms with Crippen molar-refractivity contribution in [1.82, 2.24) is 4.90 Å². The Labute approximate surface area is 92.3 Å². The lowest BCUT2D eigenvalue weighted by molar-refractivity contribution is 0.291. The molecule has 0 spiro atoms. The molecule has 0 bridgehead atoms. The van der Waals surface area contributed by atoms with E-state index in [0.29, 0.717) is 12.3 Å². The molecule has 0 aliphatic heterocycles. The Morgan fingerprint density at radius 2 is 1.86 bits per heavy atom. The molecule has 0 aromatic rings. The average molecular weight is 242 g/mol. The second kappa shape index (κ2) is 7.49. The van der Waals surface area contributed by atoms with Crippen LogP contribution in [0.5, 0.6) is 0 Å². The van der Waals surface area contributed by atoms with Crippen molar-refractivity contribution in [3.05, 3.63) is 0 Å². The number of rotatable bonds is 8. The fourth-order valence-corrected chi connectivity index (χ4v) is 2.21. The van der Waals surface area contributed by atoms with Crippen LogP contribution in [0.25, 0.3) is 0 Å². The van der Waals surface area contributed by atoms with Crippen LogP contribution in [-0.2, 0) is 9.84 Å². The molecule has 0 rings (SSSR count). The minimum atomic E-state index is -2.81. The van der Waals surface area contributed by atoms with Gasteiger partial charge in [0.15, 0.2) is 0 Å². The molecular formula is C9H20ClNO2S. The van der Waals surface area contributed by atoms with Crippen LogP contribution in [-0.4, -0.2) is 50.8 Å². The van der Waals surface area contributed by atoms with Crippen molar-refractivity contribution in [2.45, 2.75) is 19.8 Å². The normalized spacial score (nSPS) is 12.3. The van der Waals surface area contributed by atoms with E-state index in [2.05, 4.69) is 11.8 Å². The topological polar surface area (TPSA) is 37.4 Å². The standard InChI is InChI=1S/C9H20ClNO2S/c1-3-6-11(8-5-10)7-4-9-14(2,12)13/h3-9H2,1-2H3. The molecule has 0 fully saturated rings. The van der Waals surface area contributed by atoms with Crippen LogP contribution in [0, 0.1) is 0 Å². The third-order valence-corrected chi connectivity index (χ3v) is 3.13. The van der Waals surface area contributed by atoms with Crippen LogP contribution in [0.15, 0.2) is 0 Å². The lowest BCUT2D eigenvalue weighted by Crippen LogP contribution is -2.28. The van der Waals surface area contributed by atoms with Crippen molar-refractivity contribution in [3.8, 4) is 0 Å². The number of alkyl halides is 1. The molecular weight excluding hydrogens is 222 g/mol. The second-order valence-corrected chi connectivity index (χ2v) is 6.15. The molecule has 0 unspecified atom stereocenters. The molecule has 0 radical (unpaired) electrons. The number of nitrogens with zero attached hydrogens (tertiary/aromatic N) is 1. The highest BCUT2D eigenvalue weighted by molar-refractivity contribution is 7.90. The SMILES string of the molecule is CCCN(CCCl)CCCS(C)(=O)=O. The van der Waals surface area contributed by atoms with Gasteiger partial charge in [0.25, 0.3) is 0 Å². The molecule has 86 valence electrons. The molecule has 0 heterocycles. The Hall–Kier alpha value is 0.200. The average Bonchev–Trinajstić information content (AvgIpc) is 2.02. The van der Waals surface area contributed by atoms with Crippen molar-refractivity contribution in [1.29, 1.82) is 0 Å². The van der Waals surface area contributed by atoms with Crippen LogP contribution < -0.4 is 0 Å². The fourth-order valence-electron chi connectivity index (χ4n) is 1.32. The van der Waals surface area contributed by atoms with Crippen LogP contribution in [0.2, 0.25) is 0 Å². The van der Waals surface area contributed by atoms with E-state index >= 15 is 0 Å². The summed E-state index contributed by atoms with van der Waals surface area (Å²) in [6.07, 6.45) is 3.06. The third kappa shape index (κ3) is 8.78. The molecule has 0 aromatic carbocycles. The smallest absolute Gasteiger partial charge is 0.147 e. The van der Waals surface area contributed by atoms with Crippen LogP contribution in [0.3, 0.4) is 0 Å². The molecule has 0 aliphatic rings. The van der Waals surface area contributed by atoms with Crippen molar-refractivity contribution >= 4 is 21.4 Å². The Balaban J connectivity index is 3.70. The van der Waals surface area contributed by atoms with Crippen LogP contribution >= 0.6 is 11.6 Å². The first-order chi connectivity index (χ1) is 6.49. The van der Waals surface area contributed by atoms with Crippen molar-refractivity contribution in [3.63, 3.8) is 0 Å². The Bertz CT molecular complexity index is 223.